The van der Waals surface area contributed by atoms with Crippen LogP contribution in [0.5, 0.6) is 0 Å². The van der Waals surface area contributed by atoms with Crippen molar-refractivity contribution in [2.75, 3.05) is 23.3 Å². The predicted molar refractivity (Wildman–Crippen MR) is 60.8 cm³/mol. The third-order valence-corrected chi connectivity index (χ3v) is 3.65. The Morgan fingerprint density at radius 2 is 2.43 bits per heavy atom. The van der Waals surface area contributed by atoms with Crippen molar-refractivity contribution in [2.45, 2.75) is 18.9 Å². The number of aromatic nitrogens is 1. The normalized spacial score (nSPS) is 24.1. The molecule has 1 aromatic heterocycles. The van der Waals surface area contributed by atoms with Crippen LogP contribution in [0.2, 0.25) is 0 Å². The van der Waals surface area contributed by atoms with Crippen LogP contribution >= 0.6 is 15.9 Å². The Kier molecular flexibility index (Phi) is 1.90. The Balaban J connectivity index is 2.11. The van der Waals surface area contributed by atoms with Crippen molar-refractivity contribution in [3.05, 3.63) is 16.9 Å². The lowest BCUT2D eigenvalue weighted by atomic mass is 10.1. The van der Waals surface area contributed by atoms with Gasteiger partial charge in [0.25, 0.3) is 0 Å². The van der Waals surface area contributed by atoms with Crippen molar-refractivity contribution in [3.8, 4) is 0 Å². The van der Waals surface area contributed by atoms with Gasteiger partial charge in [-0.2, -0.15) is 0 Å². The van der Waals surface area contributed by atoms with Crippen LogP contribution in [-0.4, -0.2) is 24.1 Å². The molecule has 2 aliphatic heterocycles. The minimum Gasteiger partial charge on any atom is -0.380 e. The Morgan fingerprint density at radius 1 is 1.50 bits per heavy atom. The lowest BCUT2D eigenvalue weighted by molar-refractivity contribution is 0.681. The SMILES string of the molecule is Brc1cncc2c1N1CCCC1CN2. The molecule has 0 amide bonds. The van der Waals surface area contributed by atoms with Gasteiger partial charge in [-0.15, -0.1) is 0 Å². The summed E-state index contributed by atoms with van der Waals surface area (Å²) < 4.78 is 1.11. The molecule has 3 heterocycles. The van der Waals surface area contributed by atoms with Crippen LogP contribution in [0.4, 0.5) is 11.4 Å². The van der Waals surface area contributed by atoms with Gasteiger partial charge in [-0.25, -0.2) is 0 Å². The third kappa shape index (κ3) is 1.13. The Labute approximate surface area is 91.6 Å². The molecule has 0 bridgehead atoms. The molecule has 0 aliphatic carbocycles. The number of nitrogens with zero attached hydrogens (tertiary/aromatic N) is 2. The average molecular weight is 254 g/mol. The van der Waals surface area contributed by atoms with Crippen molar-refractivity contribution in [2.24, 2.45) is 0 Å². The second kappa shape index (κ2) is 3.12. The standard InChI is InChI=1S/C10H12BrN3/c11-8-5-12-6-9-10(8)14-3-1-2-7(14)4-13-9/h5-7,13H,1-4H2. The molecule has 0 radical (unpaired) electrons. The summed E-state index contributed by atoms with van der Waals surface area (Å²) in [6.07, 6.45) is 6.40. The zero-order valence-electron chi connectivity index (χ0n) is 7.83. The fourth-order valence-electron chi connectivity index (χ4n) is 2.42. The van der Waals surface area contributed by atoms with Crippen LogP contribution < -0.4 is 10.2 Å². The van der Waals surface area contributed by atoms with Crippen LogP contribution in [0.3, 0.4) is 0 Å². The second-order valence-electron chi connectivity index (χ2n) is 3.89. The first-order chi connectivity index (χ1) is 6.86. The van der Waals surface area contributed by atoms with E-state index in [-0.39, 0.29) is 0 Å². The van der Waals surface area contributed by atoms with Crippen molar-refractivity contribution in [1.82, 2.24) is 4.98 Å². The number of anilines is 2. The molecular weight excluding hydrogens is 242 g/mol. The molecule has 1 unspecified atom stereocenters. The molecule has 1 aromatic rings. The molecule has 1 fully saturated rings. The van der Waals surface area contributed by atoms with Gasteiger partial charge in [-0.1, -0.05) is 0 Å². The Hall–Kier alpha value is -0.770. The highest BCUT2D eigenvalue weighted by molar-refractivity contribution is 9.10. The van der Waals surface area contributed by atoms with E-state index in [1.54, 1.807) is 0 Å². The van der Waals surface area contributed by atoms with E-state index in [0.29, 0.717) is 6.04 Å². The largest absolute Gasteiger partial charge is 0.380 e. The number of halogens is 1. The van der Waals surface area contributed by atoms with Crippen LogP contribution in [0.15, 0.2) is 16.9 Å². The van der Waals surface area contributed by atoms with Crippen LogP contribution in [0, 0.1) is 0 Å². The molecule has 1 N–H and O–H groups in total. The molecule has 1 saturated heterocycles. The van der Waals surface area contributed by atoms with Crippen LogP contribution in [0.1, 0.15) is 12.8 Å². The quantitative estimate of drug-likeness (QED) is 0.769. The zero-order valence-corrected chi connectivity index (χ0v) is 9.42. The highest BCUT2D eigenvalue weighted by Gasteiger charge is 2.31. The van der Waals surface area contributed by atoms with Gasteiger partial charge in [0, 0.05) is 25.3 Å². The van der Waals surface area contributed by atoms with E-state index >= 15 is 0 Å². The molecule has 0 saturated carbocycles. The molecule has 4 heteroatoms. The first-order valence-corrected chi connectivity index (χ1v) is 5.79. The summed E-state index contributed by atoms with van der Waals surface area (Å²) in [6, 6.07) is 0.682. The number of nitrogens with one attached hydrogen (secondary N) is 1. The maximum absolute atomic E-state index is 4.18. The highest BCUT2D eigenvalue weighted by atomic mass is 79.9. The highest BCUT2D eigenvalue weighted by Crippen LogP contribution is 2.40. The molecule has 1 atom stereocenters. The molecule has 14 heavy (non-hydrogen) atoms. The summed E-state index contributed by atoms with van der Waals surface area (Å²) >= 11 is 3.57. The predicted octanol–water partition coefficient (Wildman–Crippen LogP) is 2.24. The van der Waals surface area contributed by atoms with Gasteiger partial charge in [0.15, 0.2) is 0 Å². The maximum atomic E-state index is 4.18. The summed E-state index contributed by atoms with van der Waals surface area (Å²) in [5, 5.41) is 3.44. The molecule has 74 valence electrons. The summed E-state index contributed by atoms with van der Waals surface area (Å²) in [5.41, 5.74) is 2.46. The monoisotopic (exact) mass is 253 g/mol. The lowest BCUT2D eigenvalue weighted by Crippen LogP contribution is -2.39. The first-order valence-electron chi connectivity index (χ1n) is 5.00. The molecular formula is C10H12BrN3. The van der Waals surface area contributed by atoms with Gasteiger partial charge < -0.3 is 10.2 Å². The molecule has 2 aliphatic rings. The van der Waals surface area contributed by atoms with Gasteiger partial charge in [-0.3, -0.25) is 4.98 Å². The number of fused-ring (bicyclic) bond motifs is 3. The minimum atomic E-state index is 0.682. The van der Waals surface area contributed by atoms with Gasteiger partial charge in [0.05, 0.1) is 22.0 Å². The number of hydrogen-bond donors (Lipinski definition) is 1. The van der Waals surface area contributed by atoms with Crippen molar-refractivity contribution < 1.29 is 0 Å². The van der Waals surface area contributed by atoms with E-state index < -0.39 is 0 Å². The van der Waals surface area contributed by atoms with Crippen LogP contribution in [0.25, 0.3) is 0 Å². The fraction of sp³-hybridized carbons (Fsp3) is 0.500. The summed E-state index contributed by atoms with van der Waals surface area (Å²) in [4.78, 5) is 6.67. The smallest absolute Gasteiger partial charge is 0.0781 e. The number of hydrogen-bond acceptors (Lipinski definition) is 3. The third-order valence-electron chi connectivity index (χ3n) is 3.07. The van der Waals surface area contributed by atoms with E-state index in [1.165, 1.54) is 25.1 Å². The van der Waals surface area contributed by atoms with Gasteiger partial charge in [-0.05, 0) is 28.8 Å². The molecule has 3 rings (SSSR count). The van der Waals surface area contributed by atoms with E-state index in [0.717, 1.165) is 16.7 Å². The fourth-order valence-corrected chi connectivity index (χ4v) is 2.98. The molecule has 0 aromatic carbocycles. The van der Waals surface area contributed by atoms with Crippen LogP contribution in [-0.2, 0) is 0 Å². The summed E-state index contributed by atoms with van der Waals surface area (Å²) in [5.74, 6) is 0. The zero-order chi connectivity index (χ0) is 9.54. The maximum Gasteiger partial charge on any atom is 0.0781 e. The number of rotatable bonds is 0. The van der Waals surface area contributed by atoms with E-state index in [2.05, 4.69) is 31.1 Å². The minimum absolute atomic E-state index is 0.682. The van der Waals surface area contributed by atoms with E-state index in [4.69, 9.17) is 0 Å². The lowest BCUT2D eigenvalue weighted by Gasteiger charge is -2.34. The van der Waals surface area contributed by atoms with E-state index in [1.807, 2.05) is 12.4 Å². The van der Waals surface area contributed by atoms with Crippen molar-refractivity contribution in [1.29, 1.82) is 0 Å². The molecule has 0 spiro atoms. The Morgan fingerprint density at radius 3 is 3.36 bits per heavy atom. The Bertz CT molecular complexity index is 366. The van der Waals surface area contributed by atoms with Gasteiger partial charge >= 0.3 is 0 Å². The second-order valence-corrected chi connectivity index (χ2v) is 4.74. The van der Waals surface area contributed by atoms with Gasteiger partial charge in [0.2, 0.25) is 0 Å². The summed E-state index contributed by atoms with van der Waals surface area (Å²) in [6.45, 7) is 2.24. The summed E-state index contributed by atoms with van der Waals surface area (Å²) in [7, 11) is 0. The number of pyridine rings is 1. The van der Waals surface area contributed by atoms with Crippen molar-refractivity contribution >= 4 is 27.3 Å². The van der Waals surface area contributed by atoms with Gasteiger partial charge in [0.1, 0.15) is 0 Å². The topological polar surface area (TPSA) is 28.2 Å². The average Bonchev–Trinajstić information content (AvgIpc) is 2.65. The van der Waals surface area contributed by atoms with Crippen molar-refractivity contribution in [3.63, 3.8) is 0 Å². The van der Waals surface area contributed by atoms with E-state index in [9.17, 15) is 0 Å². The molecule has 3 nitrogen and oxygen atoms in total. The first kappa shape index (κ1) is 8.53.